The average Bonchev–Trinajstić information content (AvgIpc) is 3.20. The van der Waals surface area contributed by atoms with Crippen LogP contribution in [0.1, 0.15) is 0 Å². The topological polar surface area (TPSA) is 59.8 Å². The molecule has 0 atom stereocenters. The maximum Gasteiger partial charge on any atom is 0.234 e. The van der Waals surface area contributed by atoms with Gasteiger partial charge in [0.05, 0.1) is 15.8 Å². The van der Waals surface area contributed by atoms with E-state index in [-0.39, 0.29) is 17.5 Å². The number of hydrogen-bond acceptors (Lipinski definition) is 4. The number of thioether (sulfide) groups is 1. The van der Waals surface area contributed by atoms with Crippen molar-refractivity contribution in [1.29, 1.82) is 0 Å². The maximum absolute atomic E-state index is 13.5. The van der Waals surface area contributed by atoms with E-state index in [0.717, 1.165) is 5.56 Å². The second-order valence-corrected chi connectivity index (χ2v) is 8.78. The van der Waals surface area contributed by atoms with E-state index in [9.17, 15) is 9.18 Å². The number of amides is 1. The van der Waals surface area contributed by atoms with Crippen molar-refractivity contribution in [1.82, 2.24) is 14.8 Å². The van der Waals surface area contributed by atoms with Crippen LogP contribution in [-0.4, -0.2) is 26.4 Å². The van der Waals surface area contributed by atoms with Crippen LogP contribution in [0.25, 0.3) is 17.1 Å². The van der Waals surface area contributed by atoms with E-state index in [0.29, 0.717) is 37.4 Å². The zero-order chi connectivity index (χ0) is 22.7. The third-order valence-electron chi connectivity index (χ3n) is 4.36. The summed E-state index contributed by atoms with van der Waals surface area (Å²) in [5.74, 6) is 0.000956. The zero-order valence-corrected chi connectivity index (χ0v) is 19.3. The molecule has 1 N–H and O–H groups in total. The van der Waals surface area contributed by atoms with E-state index >= 15 is 0 Å². The molecular formula is C22H14Cl3FN4OS. The summed E-state index contributed by atoms with van der Waals surface area (Å²) in [5, 5.41) is 13.1. The number of carbonyl (C=O) groups is 1. The molecular weight excluding hydrogens is 494 g/mol. The number of hydrogen-bond donors (Lipinski definition) is 1. The lowest BCUT2D eigenvalue weighted by Crippen LogP contribution is -2.14. The smallest absolute Gasteiger partial charge is 0.234 e. The number of halogens is 4. The standard InChI is InChI=1S/C22H14Cl3FN4OS/c23-14-3-1-13(2-4-14)21-28-29-22(30(21)17-8-5-15(26)6-9-17)32-12-20(31)27-16-7-10-18(24)19(25)11-16/h1-11H,12H2,(H,27,31). The SMILES string of the molecule is O=C(CSc1nnc(-c2ccc(Cl)cc2)n1-c1ccc(F)cc1)Nc1ccc(Cl)c(Cl)c1. The molecule has 1 aromatic heterocycles. The molecule has 0 saturated carbocycles. The fourth-order valence-electron chi connectivity index (χ4n) is 2.87. The van der Waals surface area contributed by atoms with Gasteiger partial charge in [-0.25, -0.2) is 4.39 Å². The number of benzene rings is 3. The predicted molar refractivity (Wildman–Crippen MR) is 128 cm³/mol. The van der Waals surface area contributed by atoms with Gasteiger partial charge in [-0.3, -0.25) is 9.36 Å². The van der Waals surface area contributed by atoms with Crippen molar-refractivity contribution in [2.24, 2.45) is 0 Å². The van der Waals surface area contributed by atoms with Crippen molar-refractivity contribution in [3.05, 3.63) is 87.6 Å². The number of carbonyl (C=O) groups excluding carboxylic acids is 1. The third kappa shape index (κ3) is 5.24. The minimum Gasteiger partial charge on any atom is -0.325 e. The van der Waals surface area contributed by atoms with Gasteiger partial charge in [-0.1, -0.05) is 46.6 Å². The Morgan fingerprint density at radius 3 is 2.34 bits per heavy atom. The molecule has 32 heavy (non-hydrogen) atoms. The Labute approximate surface area is 202 Å². The summed E-state index contributed by atoms with van der Waals surface area (Å²) in [6.45, 7) is 0. The van der Waals surface area contributed by atoms with Crippen LogP contribution in [-0.2, 0) is 4.79 Å². The van der Waals surface area contributed by atoms with Crippen molar-refractivity contribution in [3.8, 4) is 17.1 Å². The number of nitrogens with one attached hydrogen (secondary N) is 1. The third-order valence-corrected chi connectivity index (χ3v) is 6.28. The van der Waals surface area contributed by atoms with Gasteiger partial charge in [0.1, 0.15) is 5.82 Å². The molecule has 0 fully saturated rings. The van der Waals surface area contributed by atoms with Gasteiger partial charge in [0, 0.05) is 22.0 Å². The van der Waals surface area contributed by atoms with Crippen molar-refractivity contribution < 1.29 is 9.18 Å². The normalized spacial score (nSPS) is 10.9. The summed E-state index contributed by atoms with van der Waals surface area (Å²) >= 11 is 19.1. The molecule has 0 bridgehead atoms. The Morgan fingerprint density at radius 1 is 0.938 bits per heavy atom. The van der Waals surface area contributed by atoms with Gasteiger partial charge in [0.2, 0.25) is 5.91 Å². The Hall–Kier alpha value is -2.58. The van der Waals surface area contributed by atoms with Gasteiger partial charge in [-0.2, -0.15) is 0 Å². The molecule has 10 heteroatoms. The van der Waals surface area contributed by atoms with Crippen LogP contribution >= 0.6 is 46.6 Å². The first-order chi connectivity index (χ1) is 15.4. The lowest BCUT2D eigenvalue weighted by molar-refractivity contribution is -0.113. The molecule has 4 rings (SSSR count). The van der Waals surface area contributed by atoms with Crippen molar-refractivity contribution in [2.45, 2.75) is 5.16 Å². The summed E-state index contributed by atoms with van der Waals surface area (Å²) in [5.41, 5.74) is 1.97. The monoisotopic (exact) mass is 506 g/mol. The maximum atomic E-state index is 13.5. The number of anilines is 1. The van der Waals surface area contributed by atoms with E-state index in [1.54, 1.807) is 47.0 Å². The Bertz CT molecular complexity index is 1260. The van der Waals surface area contributed by atoms with Crippen molar-refractivity contribution in [2.75, 3.05) is 11.1 Å². The number of nitrogens with zero attached hydrogens (tertiary/aromatic N) is 3. The highest BCUT2D eigenvalue weighted by Crippen LogP contribution is 2.29. The highest BCUT2D eigenvalue weighted by Gasteiger charge is 2.18. The summed E-state index contributed by atoms with van der Waals surface area (Å²) < 4.78 is 15.2. The fraction of sp³-hybridized carbons (Fsp3) is 0.0455. The van der Waals surface area contributed by atoms with Crippen LogP contribution in [0.15, 0.2) is 71.9 Å². The molecule has 0 spiro atoms. The summed E-state index contributed by atoms with van der Waals surface area (Å²) in [6.07, 6.45) is 0. The average molecular weight is 508 g/mol. The molecule has 0 aliphatic carbocycles. The van der Waals surface area contributed by atoms with E-state index in [1.807, 2.05) is 12.1 Å². The van der Waals surface area contributed by atoms with Gasteiger partial charge in [-0.05, 0) is 66.7 Å². The van der Waals surface area contributed by atoms with Gasteiger partial charge in [0.25, 0.3) is 0 Å². The van der Waals surface area contributed by atoms with Crippen LogP contribution in [0.3, 0.4) is 0 Å². The number of aromatic nitrogens is 3. The van der Waals surface area contributed by atoms with E-state index in [2.05, 4.69) is 15.5 Å². The van der Waals surface area contributed by atoms with Gasteiger partial charge < -0.3 is 5.32 Å². The highest BCUT2D eigenvalue weighted by molar-refractivity contribution is 7.99. The van der Waals surface area contributed by atoms with E-state index in [1.165, 1.54) is 23.9 Å². The Morgan fingerprint density at radius 2 is 1.66 bits per heavy atom. The predicted octanol–water partition coefficient (Wildman–Crippen LogP) is 6.76. The summed E-state index contributed by atoms with van der Waals surface area (Å²) in [4.78, 5) is 12.5. The number of rotatable bonds is 6. The minimum atomic E-state index is -0.356. The quantitative estimate of drug-likeness (QED) is 0.293. The van der Waals surface area contributed by atoms with Gasteiger partial charge in [-0.15, -0.1) is 10.2 Å². The molecule has 0 radical (unpaired) electrons. The molecule has 0 aliphatic rings. The molecule has 1 heterocycles. The van der Waals surface area contributed by atoms with E-state index < -0.39 is 0 Å². The van der Waals surface area contributed by atoms with Crippen molar-refractivity contribution in [3.63, 3.8) is 0 Å². The molecule has 3 aromatic carbocycles. The molecule has 1 amide bonds. The van der Waals surface area contributed by atoms with Gasteiger partial charge >= 0.3 is 0 Å². The minimum absolute atomic E-state index is 0.0696. The van der Waals surface area contributed by atoms with Gasteiger partial charge in [0.15, 0.2) is 11.0 Å². The second-order valence-electron chi connectivity index (χ2n) is 6.59. The molecule has 5 nitrogen and oxygen atoms in total. The largest absolute Gasteiger partial charge is 0.325 e. The Kier molecular flexibility index (Phi) is 7.01. The van der Waals surface area contributed by atoms with Crippen molar-refractivity contribution >= 4 is 58.2 Å². The second kappa shape index (κ2) is 9.92. The lowest BCUT2D eigenvalue weighted by atomic mass is 10.2. The summed E-state index contributed by atoms with van der Waals surface area (Å²) in [6, 6.07) is 17.9. The first-order valence-electron chi connectivity index (χ1n) is 9.26. The Balaban J connectivity index is 1.59. The van der Waals surface area contributed by atoms with Crippen LogP contribution in [0, 0.1) is 5.82 Å². The molecule has 0 aliphatic heterocycles. The molecule has 0 unspecified atom stereocenters. The van der Waals surface area contributed by atoms with E-state index in [4.69, 9.17) is 34.8 Å². The van der Waals surface area contributed by atoms with Crippen LogP contribution in [0.4, 0.5) is 10.1 Å². The van der Waals surface area contributed by atoms with Crippen LogP contribution < -0.4 is 5.32 Å². The molecule has 0 saturated heterocycles. The lowest BCUT2D eigenvalue weighted by Gasteiger charge is -2.11. The highest BCUT2D eigenvalue weighted by atomic mass is 35.5. The molecule has 162 valence electrons. The summed E-state index contributed by atoms with van der Waals surface area (Å²) in [7, 11) is 0. The van der Waals surface area contributed by atoms with Crippen LogP contribution in [0.5, 0.6) is 0 Å². The fourth-order valence-corrected chi connectivity index (χ4v) is 4.05. The first-order valence-corrected chi connectivity index (χ1v) is 11.4. The van der Waals surface area contributed by atoms with Crippen LogP contribution in [0.2, 0.25) is 15.1 Å². The molecule has 4 aromatic rings. The zero-order valence-electron chi connectivity index (χ0n) is 16.2. The first kappa shape index (κ1) is 22.6.